The molecule has 9 heteroatoms. The molecule has 0 spiro atoms. The van der Waals surface area contributed by atoms with E-state index in [1.165, 1.54) is 38.3 Å². The Bertz CT molecular complexity index is 834. The summed E-state index contributed by atoms with van der Waals surface area (Å²) in [6.07, 6.45) is -5.09. The molecule has 1 aromatic heterocycles. The zero-order chi connectivity index (χ0) is 19.1. The van der Waals surface area contributed by atoms with E-state index in [-0.39, 0.29) is 15.6 Å². The summed E-state index contributed by atoms with van der Waals surface area (Å²) in [5.74, 6) is -1.95. The molecule has 0 aliphatic carbocycles. The lowest BCUT2D eigenvalue weighted by molar-refractivity contribution is -0.310. The molecule has 26 heavy (non-hydrogen) atoms. The summed E-state index contributed by atoms with van der Waals surface area (Å²) >= 11 is 0.977. The van der Waals surface area contributed by atoms with Crippen molar-refractivity contribution in [3.8, 4) is 5.75 Å². The van der Waals surface area contributed by atoms with Gasteiger partial charge in [0.1, 0.15) is 5.75 Å². The van der Waals surface area contributed by atoms with Crippen LogP contribution in [0, 0.1) is 5.92 Å². The van der Waals surface area contributed by atoms with Crippen molar-refractivity contribution < 1.29 is 27.8 Å². The molecule has 138 valence electrons. The molecule has 1 N–H and O–H groups in total. The Hall–Kier alpha value is -2.39. The van der Waals surface area contributed by atoms with Crippen LogP contribution < -0.4 is 4.74 Å². The van der Waals surface area contributed by atoms with E-state index in [0.717, 1.165) is 11.3 Å². The predicted octanol–water partition coefficient (Wildman–Crippen LogP) is 3.50. The summed E-state index contributed by atoms with van der Waals surface area (Å²) in [5, 5.41) is 16.1. The zero-order valence-corrected chi connectivity index (χ0v) is 14.6. The Kier molecular flexibility index (Phi) is 4.53. The molecular formula is C17H15F3N2O3S. The number of ether oxygens (including phenoxy) is 1. The Labute approximate surface area is 151 Å². The molecule has 1 aliphatic rings. The Balaban J connectivity index is 2.08. The molecule has 1 aromatic carbocycles. The maximum Gasteiger partial charge on any atom is 0.439 e. The summed E-state index contributed by atoms with van der Waals surface area (Å²) in [6, 6.07) is 9.13. The van der Waals surface area contributed by atoms with Crippen LogP contribution in [0.25, 0.3) is 0 Å². The molecule has 0 saturated carbocycles. The molecule has 2 heterocycles. The number of amides is 1. The standard InChI is InChI=1S/C17H15F3N2O3S/c1-10-14(11-5-7-12(25-2)8-6-11)21-22(16(10,24)17(18,19)20)15(23)13-4-3-9-26-13/h3-10,24H,1-2H3. The fourth-order valence-electron chi connectivity index (χ4n) is 2.78. The Morgan fingerprint density at radius 2 is 1.96 bits per heavy atom. The average Bonchev–Trinajstić information content (AvgIpc) is 3.23. The van der Waals surface area contributed by atoms with Crippen molar-refractivity contribution >= 4 is 23.0 Å². The van der Waals surface area contributed by atoms with Gasteiger partial charge in [0.25, 0.3) is 11.6 Å². The van der Waals surface area contributed by atoms with Crippen molar-refractivity contribution in [1.82, 2.24) is 5.01 Å². The van der Waals surface area contributed by atoms with Gasteiger partial charge in [0.05, 0.1) is 23.6 Å². The van der Waals surface area contributed by atoms with E-state index < -0.39 is 23.7 Å². The number of thiophene rings is 1. The molecular weight excluding hydrogens is 369 g/mol. The molecule has 5 nitrogen and oxygen atoms in total. The van der Waals surface area contributed by atoms with Crippen LogP contribution in [0.3, 0.4) is 0 Å². The quantitative estimate of drug-likeness (QED) is 0.881. The van der Waals surface area contributed by atoms with Gasteiger partial charge >= 0.3 is 6.18 Å². The first-order valence-electron chi connectivity index (χ1n) is 7.60. The number of nitrogens with zero attached hydrogens (tertiary/aromatic N) is 2. The van der Waals surface area contributed by atoms with Crippen LogP contribution in [0.15, 0.2) is 46.9 Å². The lowest BCUT2D eigenvalue weighted by Gasteiger charge is -2.35. The van der Waals surface area contributed by atoms with Crippen LogP contribution in [0.2, 0.25) is 0 Å². The van der Waals surface area contributed by atoms with E-state index in [9.17, 15) is 23.1 Å². The van der Waals surface area contributed by atoms with Gasteiger partial charge < -0.3 is 9.84 Å². The van der Waals surface area contributed by atoms with Gasteiger partial charge in [-0.2, -0.15) is 23.3 Å². The third kappa shape index (κ3) is 2.77. The van der Waals surface area contributed by atoms with Crippen molar-refractivity contribution in [3.05, 3.63) is 52.2 Å². The Morgan fingerprint density at radius 3 is 2.46 bits per heavy atom. The monoisotopic (exact) mass is 384 g/mol. The van der Waals surface area contributed by atoms with Crippen molar-refractivity contribution in [2.45, 2.75) is 18.8 Å². The zero-order valence-electron chi connectivity index (χ0n) is 13.8. The van der Waals surface area contributed by atoms with Crippen LogP contribution in [0.5, 0.6) is 5.75 Å². The van der Waals surface area contributed by atoms with Gasteiger partial charge in [0.15, 0.2) is 0 Å². The van der Waals surface area contributed by atoms with Gasteiger partial charge in [-0.3, -0.25) is 4.79 Å². The normalized spacial score (nSPS) is 23.1. The van der Waals surface area contributed by atoms with Crippen molar-refractivity contribution in [2.75, 3.05) is 7.11 Å². The molecule has 0 radical (unpaired) electrons. The van der Waals surface area contributed by atoms with E-state index in [1.54, 1.807) is 17.5 Å². The highest BCUT2D eigenvalue weighted by Gasteiger charge is 2.67. The maximum atomic E-state index is 13.7. The molecule has 0 bridgehead atoms. The van der Waals surface area contributed by atoms with Crippen LogP contribution in [-0.4, -0.2) is 40.7 Å². The molecule has 1 aliphatic heterocycles. The third-order valence-electron chi connectivity index (χ3n) is 4.27. The highest BCUT2D eigenvalue weighted by Crippen LogP contribution is 2.45. The number of benzene rings is 1. The van der Waals surface area contributed by atoms with Crippen molar-refractivity contribution in [2.24, 2.45) is 11.0 Å². The van der Waals surface area contributed by atoms with E-state index >= 15 is 0 Å². The topological polar surface area (TPSA) is 62.1 Å². The molecule has 2 atom stereocenters. The van der Waals surface area contributed by atoms with Gasteiger partial charge in [-0.15, -0.1) is 11.3 Å². The van der Waals surface area contributed by atoms with E-state index in [4.69, 9.17) is 4.74 Å². The lowest BCUT2D eigenvalue weighted by atomic mass is 9.89. The minimum absolute atomic E-state index is 0.0302. The first-order valence-corrected chi connectivity index (χ1v) is 8.48. The van der Waals surface area contributed by atoms with Crippen LogP contribution in [-0.2, 0) is 0 Å². The minimum atomic E-state index is -5.09. The molecule has 3 rings (SSSR count). The maximum absolute atomic E-state index is 13.7. The molecule has 2 unspecified atom stereocenters. The van der Waals surface area contributed by atoms with Gasteiger partial charge in [0.2, 0.25) is 0 Å². The van der Waals surface area contributed by atoms with Gasteiger partial charge in [-0.25, -0.2) is 0 Å². The number of aliphatic hydroxyl groups is 1. The van der Waals surface area contributed by atoms with E-state index in [1.807, 2.05) is 0 Å². The minimum Gasteiger partial charge on any atom is -0.497 e. The smallest absolute Gasteiger partial charge is 0.439 e. The second kappa shape index (κ2) is 6.40. The summed E-state index contributed by atoms with van der Waals surface area (Å²) in [5.41, 5.74) is -3.09. The van der Waals surface area contributed by atoms with Crippen LogP contribution in [0.1, 0.15) is 22.2 Å². The van der Waals surface area contributed by atoms with E-state index in [0.29, 0.717) is 11.3 Å². The molecule has 1 amide bonds. The molecule has 0 saturated heterocycles. The first kappa shape index (κ1) is 18.4. The highest BCUT2D eigenvalue weighted by atomic mass is 32.1. The summed E-state index contributed by atoms with van der Waals surface area (Å²) in [7, 11) is 1.47. The fraction of sp³-hybridized carbons (Fsp3) is 0.294. The number of hydrogen-bond donors (Lipinski definition) is 1. The van der Waals surface area contributed by atoms with Gasteiger partial charge in [-0.1, -0.05) is 13.0 Å². The summed E-state index contributed by atoms with van der Waals surface area (Å²) in [6.45, 7) is 1.19. The number of hydrogen-bond acceptors (Lipinski definition) is 5. The first-order chi connectivity index (χ1) is 12.2. The number of methoxy groups -OCH3 is 1. The SMILES string of the molecule is COc1ccc(C2=NN(C(=O)c3cccs3)C(O)(C(F)(F)F)C2C)cc1. The van der Waals surface area contributed by atoms with Crippen LogP contribution in [0.4, 0.5) is 13.2 Å². The fourth-order valence-corrected chi connectivity index (χ4v) is 3.43. The van der Waals surface area contributed by atoms with Crippen LogP contribution >= 0.6 is 11.3 Å². The highest BCUT2D eigenvalue weighted by molar-refractivity contribution is 7.12. The summed E-state index contributed by atoms with van der Waals surface area (Å²) < 4.78 is 46.2. The molecule has 2 aromatic rings. The second-order valence-electron chi connectivity index (χ2n) is 5.75. The number of carbonyl (C=O) groups excluding carboxylic acids is 1. The largest absolute Gasteiger partial charge is 0.497 e. The van der Waals surface area contributed by atoms with Gasteiger partial charge in [0, 0.05) is 0 Å². The summed E-state index contributed by atoms with van der Waals surface area (Å²) in [4.78, 5) is 12.6. The second-order valence-corrected chi connectivity index (χ2v) is 6.70. The lowest BCUT2D eigenvalue weighted by Crippen LogP contribution is -2.60. The van der Waals surface area contributed by atoms with E-state index in [2.05, 4.69) is 5.10 Å². The average molecular weight is 384 g/mol. The number of alkyl halides is 3. The molecule has 0 fully saturated rings. The number of hydrazone groups is 1. The van der Waals surface area contributed by atoms with Gasteiger partial charge in [-0.05, 0) is 41.3 Å². The Morgan fingerprint density at radius 1 is 1.31 bits per heavy atom. The number of halogens is 3. The number of carbonyl (C=O) groups is 1. The number of rotatable bonds is 3. The third-order valence-corrected chi connectivity index (χ3v) is 5.13. The predicted molar refractivity (Wildman–Crippen MR) is 90.2 cm³/mol. The van der Waals surface area contributed by atoms with Crippen molar-refractivity contribution in [3.63, 3.8) is 0 Å². The van der Waals surface area contributed by atoms with Crippen molar-refractivity contribution in [1.29, 1.82) is 0 Å².